The van der Waals surface area contributed by atoms with Crippen LogP contribution in [0.5, 0.6) is 0 Å². The van der Waals surface area contributed by atoms with Gasteiger partial charge < -0.3 is 0 Å². The molecule has 0 heterocycles. The van der Waals surface area contributed by atoms with E-state index in [4.69, 9.17) is 0 Å². The number of Topliss-reactive ketones (excluding diaryl/α,β-unsaturated/α-hetero) is 1. The molecule has 0 aliphatic heterocycles. The second-order valence-corrected chi connectivity index (χ2v) is 3.77. The molecule has 0 atom stereocenters. The maximum absolute atomic E-state index is 11.2. The Bertz CT molecular complexity index is 222. The highest BCUT2D eigenvalue weighted by atomic mass is 16.1. The maximum atomic E-state index is 11.2. The van der Waals surface area contributed by atoms with Crippen LogP contribution in [0.15, 0.2) is 12.7 Å². The summed E-state index contributed by atoms with van der Waals surface area (Å²) in [4.78, 5) is 22.3. The first-order valence-electron chi connectivity index (χ1n) is 4.82. The number of carbonyl (C=O) groups is 2. The number of hydrogen-bond donors (Lipinski definition) is 0. The van der Waals surface area contributed by atoms with Crippen LogP contribution in [0.4, 0.5) is 0 Å². The fraction of sp³-hybridized carbons (Fsp3) is 0.636. The van der Waals surface area contributed by atoms with Crippen molar-refractivity contribution in [3.05, 3.63) is 12.7 Å². The van der Waals surface area contributed by atoms with Crippen LogP contribution in [0.2, 0.25) is 0 Å². The molecule has 13 heavy (non-hydrogen) atoms. The van der Waals surface area contributed by atoms with E-state index in [1.165, 1.54) is 6.08 Å². The molecule has 72 valence electrons. The average Bonchev–Trinajstić information content (AvgIpc) is 2.17. The predicted molar refractivity (Wildman–Crippen MR) is 51.3 cm³/mol. The molecule has 1 aliphatic carbocycles. The Morgan fingerprint density at radius 2 is 1.62 bits per heavy atom. The van der Waals surface area contributed by atoms with Crippen molar-refractivity contribution in [2.45, 2.75) is 32.6 Å². The molecule has 1 saturated carbocycles. The molecule has 0 aromatic carbocycles. The Hall–Kier alpha value is -0.920. The van der Waals surface area contributed by atoms with Gasteiger partial charge in [-0.3, -0.25) is 9.59 Å². The van der Waals surface area contributed by atoms with Crippen LogP contribution in [0.25, 0.3) is 0 Å². The number of hydrogen-bond acceptors (Lipinski definition) is 2. The van der Waals surface area contributed by atoms with Crippen LogP contribution < -0.4 is 0 Å². The molecule has 1 rings (SSSR count). The molecule has 0 radical (unpaired) electrons. The van der Waals surface area contributed by atoms with Crippen molar-refractivity contribution >= 4 is 11.6 Å². The molecule has 2 heteroatoms. The van der Waals surface area contributed by atoms with Gasteiger partial charge in [-0.05, 0) is 38.7 Å². The summed E-state index contributed by atoms with van der Waals surface area (Å²) in [7, 11) is 0. The van der Waals surface area contributed by atoms with Crippen molar-refractivity contribution in [1.29, 1.82) is 0 Å². The highest BCUT2D eigenvalue weighted by Gasteiger charge is 2.26. The van der Waals surface area contributed by atoms with Gasteiger partial charge in [0.15, 0.2) is 5.78 Å². The van der Waals surface area contributed by atoms with E-state index in [9.17, 15) is 9.59 Å². The summed E-state index contributed by atoms with van der Waals surface area (Å²) in [5, 5.41) is 0. The molecule has 0 saturated heterocycles. The van der Waals surface area contributed by atoms with E-state index in [0.717, 1.165) is 25.7 Å². The minimum absolute atomic E-state index is 0.132. The zero-order valence-electron chi connectivity index (χ0n) is 8.08. The first-order chi connectivity index (χ1) is 6.15. The van der Waals surface area contributed by atoms with Gasteiger partial charge in [0, 0.05) is 11.8 Å². The molecule has 0 amide bonds. The van der Waals surface area contributed by atoms with E-state index < -0.39 is 0 Å². The van der Waals surface area contributed by atoms with Crippen LogP contribution in [-0.4, -0.2) is 11.6 Å². The highest BCUT2D eigenvalue weighted by molar-refractivity contribution is 5.91. The highest BCUT2D eigenvalue weighted by Crippen LogP contribution is 2.29. The Balaban J connectivity index is 2.43. The van der Waals surface area contributed by atoms with Gasteiger partial charge in [-0.2, -0.15) is 0 Å². The van der Waals surface area contributed by atoms with Gasteiger partial charge >= 0.3 is 0 Å². The van der Waals surface area contributed by atoms with Gasteiger partial charge in [-0.1, -0.05) is 6.58 Å². The molecule has 0 aromatic rings. The maximum Gasteiger partial charge on any atom is 0.158 e. The molecule has 2 nitrogen and oxygen atoms in total. The van der Waals surface area contributed by atoms with Crippen molar-refractivity contribution < 1.29 is 9.59 Å². The van der Waals surface area contributed by atoms with Crippen LogP contribution >= 0.6 is 0 Å². The molecule has 1 fully saturated rings. The van der Waals surface area contributed by atoms with E-state index in [0.29, 0.717) is 0 Å². The second kappa shape index (κ2) is 4.35. The lowest BCUT2D eigenvalue weighted by Crippen LogP contribution is -2.23. The Morgan fingerprint density at radius 1 is 1.15 bits per heavy atom. The first kappa shape index (κ1) is 10.2. The van der Waals surface area contributed by atoms with E-state index in [2.05, 4.69) is 6.58 Å². The molecule has 0 N–H and O–H groups in total. The summed E-state index contributed by atoms with van der Waals surface area (Å²) in [6.07, 6.45) is 4.86. The second-order valence-electron chi connectivity index (χ2n) is 3.77. The number of carbonyl (C=O) groups excluding carboxylic acids is 2. The van der Waals surface area contributed by atoms with Crippen molar-refractivity contribution in [2.75, 3.05) is 0 Å². The van der Waals surface area contributed by atoms with Crippen molar-refractivity contribution in [1.82, 2.24) is 0 Å². The Morgan fingerprint density at radius 3 is 2.00 bits per heavy atom. The van der Waals surface area contributed by atoms with Gasteiger partial charge in [-0.15, -0.1) is 0 Å². The molecule has 0 spiro atoms. The van der Waals surface area contributed by atoms with Crippen molar-refractivity contribution in [2.24, 2.45) is 11.8 Å². The summed E-state index contributed by atoms with van der Waals surface area (Å²) in [6, 6.07) is 0. The Labute approximate surface area is 79.0 Å². The van der Waals surface area contributed by atoms with Crippen LogP contribution in [0.1, 0.15) is 32.6 Å². The zero-order valence-corrected chi connectivity index (χ0v) is 8.08. The normalized spacial score (nSPS) is 28.1. The molecule has 0 bridgehead atoms. The standard InChI is InChI=1S/C11H16O2/c1-3-11(13)10-6-4-9(5-7-10)8(2)12/h3,9-10H,1,4-7H2,2H3. The SMILES string of the molecule is C=CC(=O)C1CCC(C(C)=O)CC1. The van der Waals surface area contributed by atoms with Gasteiger partial charge in [-0.25, -0.2) is 0 Å². The summed E-state index contributed by atoms with van der Waals surface area (Å²) in [5.74, 6) is 0.744. The predicted octanol–water partition coefficient (Wildman–Crippen LogP) is 2.14. The third kappa shape index (κ3) is 2.51. The lowest BCUT2D eigenvalue weighted by molar-refractivity contribution is -0.124. The molecule has 0 unspecified atom stereocenters. The van der Waals surface area contributed by atoms with Gasteiger partial charge in [0.2, 0.25) is 0 Å². The lowest BCUT2D eigenvalue weighted by atomic mass is 9.78. The largest absolute Gasteiger partial charge is 0.300 e. The minimum atomic E-state index is 0.132. The minimum Gasteiger partial charge on any atom is -0.300 e. The fourth-order valence-electron chi connectivity index (χ4n) is 1.95. The van der Waals surface area contributed by atoms with Crippen molar-refractivity contribution in [3.8, 4) is 0 Å². The summed E-state index contributed by atoms with van der Waals surface area (Å²) in [5.41, 5.74) is 0. The summed E-state index contributed by atoms with van der Waals surface area (Å²) < 4.78 is 0. The zero-order chi connectivity index (χ0) is 9.84. The summed E-state index contributed by atoms with van der Waals surface area (Å²) in [6.45, 7) is 5.11. The van der Waals surface area contributed by atoms with Gasteiger partial charge in [0.25, 0.3) is 0 Å². The molecule has 1 aliphatic rings. The van der Waals surface area contributed by atoms with Gasteiger partial charge in [0.1, 0.15) is 5.78 Å². The first-order valence-corrected chi connectivity index (χ1v) is 4.82. The van der Waals surface area contributed by atoms with Gasteiger partial charge in [0.05, 0.1) is 0 Å². The van der Waals surface area contributed by atoms with Crippen LogP contribution in [-0.2, 0) is 9.59 Å². The van der Waals surface area contributed by atoms with Crippen LogP contribution in [0.3, 0.4) is 0 Å². The van der Waals surface area contributed by atoms with E-state index in [1.54, 1.807) is 6.92 Å². The summed E-state index contributed by atoms with van der Waals surface area (Å²) >= 11 is 0. The monoisotopic (exact) mass is 180 g/mol. The topological polar surface area (TPSA) is 34.1 Å². The fourth-order valence-corrected chi connectivity index (χ4v) is 1.95. The quantitative estimate of drug-likeness (QED) is 0.623. The smallest absolute Gasteiger partial charge is 0.158 e. The molecule has 0 aromatic heterocycles. The number of allylic oxidation sites excluding steroid dienone is 1. The lowest BCUT2D eigenvalue weighted by Gasteiger charge is -2.24. The third-order valence-corrected chi connectivity index (χ3v) is 2.91. The van der Waals surface area contributed by atoms with Crippen molar-refractivity contribution in [3.63, 3.8) is 0 Å². The number of rotatable bonds is 3. The van der Waals surface area contributed by atoms with E-state index in [1.807, 2.05) is 0 Å². The third-order valence-electron chi connectivity index (χ3n) is 2.91. The number of ketones is 2. The van der Waals surface area contributed by atoms with E-state index in [-0.39, 0.29) is 23.4 Å². The van der Waals surface area contributed by atoms with E-state index >= 15 is 0 Å². The molecular weight excluding hydrogens is 164 g/mol. The molecular formula is C11H16O2. The Kier molecular flexibility index (Phi) is 3.40. The average molecular weight is 180 g/mol. The van der Waals surface area contributed by atoms with Crippen LogP contribution in [0, 0.1) is 11.8 Å².